The van der Waals surface area contributed by atoms with Crippen molar-refractivity contribution in [1.82, 2.24) is 15.6 Å². The van der Waals surface area contributed by atoms with Gasteiger partial charge < -0.3 is 26.1 Å². The number of carbonyl (C=O) groups excluding carboxylic acids is 2. The summed E-state index contributed by atoms with van der Waals surface area (Å²) in [6.07, 6.45) is 3.55. The average molecular weight is 527 g/mol. The molecule has 3 aromatic carbocycles. The van der Waals surface area contributed by atoms with Crippen molar-refractivity contribution < 1.29 is 14.3 Å². The number of H-pyrrole nitrogens is 1. The van der Waals surface area contributed by atoms with Gasteiger partial charge in [-0.2, -0.15) is 0 Å². The number of amides is 2. The molecule has 0 aliphatic rings. The van der Waals surface area contributed by atoms with Gasteiger partial charge in [-0.1, -0.05) is 74.5 Å². The molecule has 39 heavy (non-hydrogen) atoms. The van der Waals surface area contributed by atoms with Crippen molar-refractivity contribution in [2.24, 2.45) is 11.7 Å². The number of aromatic nitrogens is 1. The number of nitrogens with two attached hydrogens (primary N) is 1. The minimum Gasteiger partial charge on any atom is -0.489 e. The summed E-state index contributed by atoms with van der Waals surface area (Å²) >= 11 is 0. The lowest BCUT2D eigenvalue weighted by atomic mass is 10.0. The van der Waals surface area contributed by atoms with E-state index in [0.717, 1.165) is 33.3 Å². The van der Waals surface area contributed by atoms with Gasteiger partial charge in [0, 0.05) is 30.1 Å². The van der Waals surface area contributed by atoms with Crippen LogP contribution in [0.4, 0.5) is 0 Å². The Bertz CT molecular complexity index is 1350. The summed E-state index contributed by atoms with van der Waals surface area (Å²) in [5, 5.41) is 7.04. The van der Waals surface area contributed by atoms with Crippen LogP contribution in [0.2, 0.25) is 0 Å². The zero-order chi connectivity index (χ0) is 27.6. The molecule has 2 amide bonds. The Labute approximate surface area is 230 Å². The van der Waals surface area contributed by atoms with Crippen LogP contribution in [0.1, 0.15) is 37.0 Å². The van der Waals surface area contributed by atoms with Gasteiger partial charge in [-0.25, -0.2) is 0 Å². The average Bonchev–Trinajstić information content (AvgIpc) is 3.35. The molecule has 4 rings (SSSR count). The second-order valence-electron chi connectivity index (χ2n) is 10.3. The second-order valence-corrected chi connectivity index (χ2v) is 10.3. The van der Waals surface area contributed by atoms with Crippen molar-refractivity contribution in [3.63, 3.8) is 0 Å². The van der Waals surface area contributed by atoms with Crippen LogP contribution in [0, 0.1) is 5.92 Å². The molecule has 7 heteroatoms. The lowest BCUT2D eigenvalue weighted by Crippen LogP contribution is -2.53. The quantitative estimate of drug-likeness (QED) is 0.206. The molecule has 2 unspecified atom stereocenters. The van der Waals surface area contributed by atoms with Gasteiger partial charge in [0.1, 0.15) is 18.4 Å². The van der Waals surface area contributed by atoms with Gasteiger partial charge in [0.15, 0.2) is 0 Å². The number of rotatable bonds is 13. The second kappa shape index (κ2) is 13.6. The van der Waals surface area contributed by atoms with E-state index in [2.05, 4.69) is 21.7 Å². The highest BCUT2D eigenvalue weighted by molar-refractivity contribution is 5.90. The molecule has 2 atom stereocenters. The zero-order valence-electron chi connectivity index (χ0n) is 22.7. The molecule has 0 bridgehead atoms. The lowest BCUT2D eigenvalue weighted by molar-refractivity contribution is -0.129. The molecule has 0 saturated carbocycles. The fourth-order valence-corrected chi connectivity index (χ4v) is 4.58. The standard InChI is InChI=1S/C32H38N4O3/c1-22(2)18-28(33)31(37)36-30(32(38)34-17-16-25-20-35-29-11-7-6-10-27(25)29)19-23-12-14-26(15-13-23)39-21-24-8-4-3-5-9-24/h3-15,20,22,28,30,35H,16-19,21,33H2,1-2H3,(H,34,38)(H,36,37). The Kier molecular flexibility index (Phi) is 9.75. The van der Waals surface area contributed by atoms with Gasteiger partial charge in [0.25, 0.3) is 0 Å². The van der Waals surface area contributed by atoms with Gasteiger partial charge in [-0.3, -0.25) is 9.59 Å². The van der Waals surface area contributed by atoms with E-state index in [-0.39, 0.29) is 17.7 Å². The highest BCUT2D eigenvalue weighted by Gasteiger charge is 2.24. The van der Waals surface area contributed by atoms with Crippen molar-refractivity contribution in [3.8, 4) is 5.75 Å². The largest absolute Gasteiger partial charge is 0.489 e. The molecular formula is C32H38N4O3. The molecule has 0 aliphatic heterocycles. The SMILES string of the molecule is CC(C)CC(N)C(=O)NC(Cc1ccc(OCc2ccccc2)cc1)C(=O)NCCc1c[nH]c2ccccc12. The minimum atomic E-state index is -0.741. The molecule has 1 heterocycles. The van der Waals surface area contributed by atoms with Crippen molar-refractivity contribution in [1.29, 1.82) is 0 Å². The topological polar surface area (TPSA) is 109 Å². The number of carbonyl (C=O) groups is 2. The Balaban J connectivity index is 1.38. The Hall–Kier alpha value is -4.10. The summed E-state index contributed by atoms with van der Waals surface area (Å²) in [6.45, 7) is 4.97. The molecule has 204 valence electrons. The summed E-state index contributed by atoms with van der Waals surface area (Å²) in [6, 6.07) is 24.3. The number of para-hydroxylation sites is 1. The number of aromatic amines is 1. The molecule has 0 spiro atoms. The van der Waals surface area contributed by atoms with Crippen molar-refractivity contribution in [2.45, 2.75) is 51.8 Å². The van der Waals surface area contributed by atoms with Crippen LogP contribution < -0.4 is 21.1 Å². The first-order chi connectivity index (χ1) is 18.9. The molecule has 4 aromatic rings. The van der Waals surface area contributed by atoms with Crippen LogP contribution in [-0.4, -0.2) is 35.4 Å². The third-order valence-corrected chi connectivity index (χ3v) is 6.68. The lowest BCUT2D eigenvalue weighted by Gasteiger charge is -2.22. The van der Waals surface area contributed by atoms with Crippen LogP contribution in [0.5, 0.6) is 5.75 Å². The molecule has 1 aromatic heterocycles. The van der Waals surface area contributed by atoms with Gasteiger partial charge in [0.05, 0.1) is 6.04 Å². The third-order valence-electron chi connectivity index (χ3n) is 6.68. The van der Waals surface area contributed by atoms with E-state index in [1.54, 1.807) is 0 Å². The summed E-state index contributed by atoms with van der Waals surface area (Å²) < 4.78 is 5.88. The molecule has 5 N–H and O–H groups in total. The first-order valence-electron chi connectivity index (χ1n) is 13.5. The number of benzene rings is 3. The smallest absolute Gasteiger partial charge is 0.242 e. The maximum atomic E-state index is 13.2. The maximum Gasteiger partial charge on any atom is 0.242 e. The molecule has 0 saturated heterocycles. The molecule has 0 radical (unpaired) electrons. The predicted octanol–water partition coefficient (Wildman–Crippen LogP) is 4.51. The first kappa shape index (κ1) is 27.9. The fourth-order valence-electron chi connectivity index (χ4n) is 4.58. The monoisotopic (exact) mass is 526 g/mol. The normalized spacial score (nSPS) is 12.7. The van der Waals surface area contributed by atoms with Crippen molar-refractivity contribution >= 4 is 22.7 Å². The maximum absolute atomic E-state index is 13.2. The molecular weight excluding hydrogens is 488 g/mol. The third kappa shape index (κ3) is 8.19. The summed E-state index contributed by atoms with van der Waals surface area (Å²) in [5.74, 6) is 0.468. The van der Waals surface area contributed by atoms with Crippen molar-refractivity contribution in [2.75, 3.05) is 6.54 Å². The van der Waals surface area contributed by atoms with Gasteiger partial charge in [0.2, 0.25) is 11.8 Å². The van der Waals surface area contributed by atoms with Crippen LogP contribution in [0.15, 0.2) is 85.1 Å². The Morgan fingerprint density at radius 1 is 0.897 bits per heavy atom. The number of hydrogen-bond acceptors (Lipinski definition) is 4. The fraction of sp³-hybridized carbons (Fsp3) is 0.312. The van der Waals surface area contributed by atoms with E-state index in [1.165, 1.54) is 0 Å². The zero-order valence-corrected chi connectivity index (χ0v) is 22.7. The summed E-state index contributed by atoms with van der Waals surface area (Å²) in [7, 11) is 0. The van der Waals surface area contributed by atoms with Gasteiger partial charge in [-0.05, 0) is 53.6 Å². The van der Waals surface area contributed by atoms with E-state index in [0.29, 0.717) is 32.4 Å². The summed E-state index contributed by atoms with van der Waals surface area (Å²) in [5.41, 5.74) is 10.3. The van der Waals surface area contributed by atoms with Crippen molar-refractivity contribution in [3.05, 3.63) is 102 Å². The first-order valence-corrected chi connectivity index (χ1v) is 13.5. The van der Waals surface area contributed by atoms with E-state index in [1.807, 2.05) is 92.8 Å². The molecule has 0 fully saturated rings. The molecule has 0 aliphatic carbocycles. The van der Waals surface area contributed by atoms with Crippen LogP contribution in [-0.2, 0) is 29.0 Å². The number of nitrogens with one attached hydrogen (secondary N) is 3. The predicted molar refractivity (Wildman–Crippen MR) is 155 cm³/mol. The minimum absolute atomic E-state index is 0.232. The van der Waals surface area contributed by atoms with Crippen LogP contribution in [0.25, 0.3) is 10.9 Å². The Morgan fingerprint density at radius 2 is 1.62 bits per heavy atom. The van der Waals surface area contributed by atoms with Gasteiger partial charge in [-0.15, -0.1) is 0 Å². The highest BCUT2D eigenvalue weighted by atomic mass is 16.5. The Morgan fingerprint density at radius 3 is 2.36 bits per heavy atom. The number of hydrogen-bond donors (Lipinski definition) is 4. The van der Waals surface area contributed by atoms with Gasteiger partial charge >= 0.3 is 0 Å². The van der Waals surface area contributed by atoms with E-state index < -0.39 is 12.1 Å². The highest BCUT2D eigenvalue weighted by Crippen LogP contribution is 2.18. The van der Waals surface area contributed by atoms with Crippen LogP contribution >= 0.6 is 0 Å². The number of ether oxygens (including phenoxy) is 1. The van der Waals surface area contributed by atoms with E-state index >= 15 is 0 Å². The summed E-state index contributed by atoms with van der Waals surface area (Å²) in [4.78, 5) is 29.3. The molecule has 7 nitrogen and oxygen atoms in total. The van der Waals surface area contributed by atoms with Crippen LogP contribution in [0.3, 0.4) is 0 Å². The van der Waals surface area contributed by atoms with E-state index in [4.69, 9.17) is 10.5 Å². The van der Waals surface area contributed by atoms with E-state index in [9.17, 15) is 9.59 Å². The number of fused-ring (bicyclic) bond motifs is 1.